The highest BCUT2D eigenvalue weighted by atomic mass is 35.6. The van der Waals surface area contributed by atoms with E-state index >= 15 is 0 Å². The summed E-state index contributed by atoms with van der Waals surface area (Å²) in [5, 5.41) is 4.61. The Balaban J connectivity index is 2.10. The number of hydrogen-bond donors (Lipinski definition) is 1. The molecule has 3 nitrogen and oxygen atoms in total. The summed E-state index contributed by atoms with van der Waals surface area (Å²) in [5.41, 5.74) is 1.06. The normalized spacial score (nSPS) is 13.1. The fraction of sp³-hybridized carbons (Fsp3) is 0.267. The van der Waals surface area contributed by atoms with Crippen molar-refractivity contribution in [3.05, 3.63) is 58.3 Å². The van der Waals surface area contributed by atoms with E-state index in [-0.39, 0.29) is 5.91 Å². The molecule has 1 heterocycles. The number of thiophene rings is 1. The van der Waals surface area contributed by atoms with Crippen molar-refractivity contribution in [1.29, 1.82) is 0 Å². The standard InChI is InChI=1S/C15H15Cl3N2OS/c1-20(10-11-6-3-2-4-7-11)14(15(16,17)18)19-13(21)12-8-5-9-22-12/h2-9,14H,10H2,1H3,(H,19,21)/t14-/m1/s1. The van der Waals surface area contributed by atoms with Gasteiger partial charge in [-0.3, -0.25) is 9.69 Å². The van der Waals surface area contributed by atoms with E-state index in [0.717, 1.165) is 5.56 Å². The average Bonchev–Trinajstić information content (AvgIpc) is 2.98. The van der Waals surface area contributed by atoms with Crippen molar-refractivity contribution < 1.29 is 4.79 Å². The maximum Gasteiger partial charge on any atom is 0.262 e. The van der Waals surface area contributed by atoms with Crippen LogP contribution in [0.2, 0.25) is 0 Å². The second-order valence-electron chi connectivity index (χ2n) is 4.80. The molecule has 0 aliphatic heterocycles. The van der Waals surface area contributed by atoms with Gasteiger partial charge in [0, 0.05) is 6.54 Å². The molecule has 2 rings (SSSR count). The second-order valence-corrected chi connectivity index (χ2v) is 8.11. The predicted molar refractivity (Wildman–Crippen MR) is 93.8 cm³/mol. The lowest BCUT2D eigenvalue weighted by atomic mass is 10.2. The Morgan fingerprint density at radius 2 is 1.91 bits per heavy atom. The molecule has 1 N–H and O–H groups in total. The Hall–Kier alpha value is -0.780. The third-order valence-electron chi connectivity index (χ3n) is 3.04. The van der Waals surface area contributed by atoms with Gasteiger partial charge in [-0.15, -0.1) is 11.3 Å². The van der Waals surface area contributed by atoms with Crippen LogP contribution in [0.5, 0.6) is 0 Å². The van der Waals surface area contributed by atoms with Crippen LogP contribution >= 0.6 is 46.1 Å². The van der Waals surface area contributed by atoms with E-state index in [2.05, 4.69) is 5.32 Å². The van der Waals surface area contributed by atoms with Crippen LogP contribution in [0.3, 0.4) is 0 Å². The number of benzene rings is 1. The largest absolute Gasteiger partial charge is 0.332 e. The number of halogens is 3. The van der Waals surface area contributed by atoms with Crippen molar-refractivity contribution in [3.8, 4) is 0 Å². The van der Waals surface area contributed by atoms with Gasteiger partial charge in [0.2, 0.25) is 3.79 Å². The minimum atomic E-state index is -1.64. The van der Waals surface area contributed by atoms with Crippen LogP contribution in [0.15, 0.2) is 47.8 Å². The van der Waals surface area contributed by atoms with Crippen molar-refractivity contribution >= 4 is 52.0 Å². The molecule has 0 spiro atoms. The Labute approximate surface area is 148 Å². The van der Waals surface area contributed by atoms with Gasteiger partial charge in [-0.05, 0) is 24.1 Å². The molecular formula is C15H15Cl3N2OS. The van der Waals surface area contributed by atoms with Crippen molar-refractivity contribution in [2.45, 2.75) is 16.5 Å². The molecule has 0 fully saturated rings. The van der Waals surface area contributed by atoms with Gasteiger partial charge >= 0.3 is 0 Å². The maximum atomic E-state index is 12.2. The van der Waals surface area contributed by atoms with Crippen LogP contribution in [0.4, 0.5) is 0 Å². The number of carbonyl (C=O) groups is 1. The van der Waals surface area contributed by atoms with Gasteiger partial charge in [0.15, 0.2) is 0 Å². The van der Waals surface area contributed by atoms with Crippen molar-refractivity contribution in [2.24, 2.45) is 0 Å². The predicted octanol–water partition coefficient (Wildman–Crippen LogP) is 4.31. The summed E-state index contributed by atoms with van der Waals surface area (Å²) >= 11 is 19.5. The molecule has 0 saturated carbocycles. The highest BCUT2D eigenvalue weighted by molar-refractivity contribution is 7.12. The molecule has 1 atom stereocenters. The minimum absolute atomic E-state index is 0.258. The first kappa shape index (κ1) is 17.6. The van der Waals surface area contributed by atoms with Gasteiger partial charge in [-0.2, -0.15) is 0 Å². The number of nitrogens with one attached hydrogen (secondary N) is 1. The second kappa shape index (κ2) is 7.66. The smallest absolute Gasteiger partial charge is 0.262 e. The lowest BCUT2D eigenvalue weighted by Crippen LogP contribution is -2.53. The first-order valence-electron chi connectivity index (χ1n) is 6.53. The topological polar surface area (TPSA) is 32.3 Å². The molecule has 22 heavy (non-hydrogen) atoms. The van der Waals surface area contributed by atoms with Gasteiger partial charge in [0.05, 0.1) is 4.88 Å². The number of rotatable bonds is 5. The third kappa shape index (κ3) is 4.86. The van der Waals surface area contributed by atoms with Crippen LogP contribution in [-0.2, 0) is 6.54 Å². The molecule has 0 aliphatic rings. The van der Waals surface area contributed by atoms with Gasteiger partial charge in [0.1, 0.15) is 6.17 Å². The molecule has 0 aliphatic carbocycles. The Morgan fingerprint density at radius 1 is 1.23 bits per heavy atom. The summed E-state index contributed by atoms with van der Waals surface area (Å²) in [6.45, 7) is 0.546. The van der Waals surface area contributed by atoms with Crippen molar-refractivity contribution in [3.63, 3.8) is 0 Å². The lowest BCUT2D eigenvalue weighted by Gasteiger charge is -2.33. The van der Waals surface area contributed by atoms with Crippen LogP contribution in [-0.4, -0.2) is 27.8 Å². The van der Waals surface area contributed by atoms with Gasteiger partial charge in [-0.1, -0.05) is 71.2 Å². The molecule has 7 heteroatoms. The molecule has 0 saturated heterocycles. The molecule has 118 valence electrons. The molecule has 1 aromatic heterocycles. The monoisotopic (exact) mass is 376 g/mol. The molecular weight excluding hydrogens is 363 g/mol. The molecule has 0 unspecified atom stereocenters. The average molecular weight is 378 g/mol. The quantitative estimate of drug-likeness (QED) is 0.622. The summed E-state index contributed by atoms with van der Waals surface area (Å²) < 4.78 is -1.64. The summed E-state index contributed by atoms with van der Waals surface area (Å²) in [6.07, 6.45) is -0.743. The fourth-order valence-electron chi connectivity index (χ4n) is 2.01. The SMILES string of the molecule is CN(Cc1ccccc1)[C@@H](NC(=O)c1cccs1)C(Cl)(Cl)Cl. The summed E-state index contributed by atoms with van der Waals surface area (Å²) in [7, 11) is 1.80. The molecule has 1 amide bonds. The van der Waals surface area contributed by atoms with E-state index in [1.165, 1.54) is 11.3 Å². The molecule has 0 radical (unpaired) electrons. The number of hydrogen-bond acceptors (Lipinski definition) is 3. The molecule has 0 bridgehead atoms. The van der Waals surface area contributed by atoms with Crippen LogP contribution < -0.4 is 5.32 Å². The van der Waals surface area contributed by atoms with E-state index in [1.54, 1.807) is 24.1 Å². The Bertz CT molecular complexity index is 599. The zero-order chi connectivity index (χ0) is 16.2. The van der Waals surface area contributed by atoms with Crippen LogP contribution in [0.1, 0.15) is 15.2 Å². The van der Waals surface area contributed by atoms with E-state index < -0.39 is 9.96 Å². The van der Waals surface area contributed by atoms with Crippen molar-refractivity contribution in [1.82, 2.24) is 10.2 Å². The fourth-order valence-corrected chi connectivity index (χ4v) is 3.30. The van der Waals surface area contributed by atoms with E-state index in [1.807, 2.05) is 35.7 Å². The van der Waals surface area contributed by atoms with Crippen molar-refractivity contribution in [2.75, 3.05) is 7.05 Å². The van der Waals surface area contributed by atoms with Crippen LogP contribution in [0, 0.1) is 0 Å². The number of alkyl halides is 3. The summed E-state index contributed by atoms with van der Waals surface area (Å²) in [5.74, 6) is -0.258. The number of nitrogens with zero attached hydrogens (tertiary/aromatic N) is 1. The third-order valence-corrected chi connectivity index (χ3v) is 4.53. The van der Waals surface area contributed by atoms with Gasteiger partial charge in [0.25, 0.3) is 5.91 Å². The maximum absolute atomic E-state index is 12.2. The zero-order valence-corrected chi connectivity index (χ0v) is 14.9. The molecule has 2 aromatic rings. The summed E-state index contributed by atoms with van der Waals surface area (Å²) in [6, 6.07) is 13.3. The van der Waals surface area contributed by atoms with Gasteiger partial charge in [-0.25, -0.2) is 0 Å². The zero-order valence-electron chi connectivity index (χ0n) is 11.8. The first-order valence-corrected chi connectivity index (χ1v) is 8.54. The first-order chi connectivity index (χ1) is 10.4. The number of amides is 1. The highest BCUT2D eigenvalue weighted by Crippen LogP contribution is 2.32. The molecule has 1 aromatic carbocycles. The van der Waals surface area contributed by atoms with Crippen LogP contribution in [0.25, 0.3) is 0 Å². The van der Waals surface area contributed by atoms with E-state index in [9.17, 15) is 4.79 Å². The minimum Gasteiger partial charge on any atom is -0.332 e. The summed E-state index contributed by atoms with van der Waals surface area (Å²) in [4.78, 5) is 14.6. The lowest BCUT2D eigenvalue weighted by molar-refractivity contribution is 0.0874. The Kier molecular flexibility index (Phi) is 6.12. The Morgan fingerprint density at radius 3 is 2.45 bits per heavy atom. The van der Waals surface area contributed by atoms with E-state index in [0.29, 0.717) is 11.4 Å². The van der Waals surface area contributed by atoms with E-state index in [4.69, 9.17) is 34.8 Å². The highest BCUT2D eigenvalue weighted by Gasteiger charge is 2.37. The van der Waals surface area contributed by atoms with Gasteiger partial charge < -0.3 is 5.32 Å². The number of carbonyl (C=O) groups excluding carboxylic acids is 1.